The molecule has 4 heteroatoms. The maximum Gasteiger partial charge on any atom is 0.242 e. The standard InChI is InChI=1S/C12H22N2O.ClH/c1-12(2,13)11(15)14(7-9-3-4-9)8-10-5-6-10;/h9-10H,3-8,13H2,1-2H3;1H. The highest BCUT2D eigenvalue weighted by Gasteiger charge is 2.35. The van der Waals surface area contributed by atoms with Gasteiger partial charge in [-0.15, -0.1) is 12.4 Å². The summed E-state index contributed by atoms with van der Waals surface area (Å²) in [6, 6.07) is 0. The van der Waals surface area contributed by atoms with Gasteiger partial charge >= 0.3 is 0 Å². The van der Waals surface area contributed by atoms with Crippen LogP contribution in [0.1, 0.15) is 39.5 Å². The Morgan fingerprint density at radius 1 is 1.19 bits per heavy atom. The molecule has 16 heavy (non-hydrogen) atoms. The number of carbonyl (C=O) groups is 1. The fourth-order valence-corrected chi connectivity index (χ4v) is 1.87. The van der Waals surface area contributed by atoms with Gasteiger partial charge < -0.3 is 10.6 Å². The zero-order chi connectivity index (χ0) is 11.1. The van der Waals surface area contributed by atoms with Crippen LogP contribution in [0.25, 0.3) is 0 Å². The lowest BCUT2D eigenvalue weighted by atomic mass is 10.0. The van der Waals surface area contributed by atoms with Gasteiger partial charge in [0, 0.05) is 13.1 Å². The Bertz CT molecular complexity index is 240. The molecule has 2 N–H and O–H groups in total. The summed E-state index contributed by atoms with van der Waals surface area (Å²) < 4.78 is 0. The topological polar surface area (TPSA) is 46.3 Å². The lowest BCUT2D eigenvalue weighted by Gasteiger charge is -2.29. The van der Waals surface area contributed by atoms with E-state index in [4.69, 9.17) is 5.73 Å². The molecule has 0 aromatic heterocycles. The molecule has 2 rings (SSSR count). The molecule has 2 aliphatic carbocycles. The summed E-state index contributed by atoms with van der Waals surface area (Å²) in [6.07, 6.45) is 5.16. The van der Waals surface area contributed by atoms with Crippen molar-refractivity contribution in [2.75, 3.05) is 13.1 Å². The van der Waals surface area contributed by atoms with Crippen molar-refractivity contribution in [3.8, 4) is 0 Å². The van der Waals surface area contributed by atoms with Gasteiger partial charge in [0.05, 0.1) is 5.54 Å². The van der Waals surface area contributed by atoms with Gasteiger partial charge in [0.1, 0.15) is 0 Å². The Hall–Kier alpha value is -0.280. The molecule has 2 aliphatic rings. The predicted molar refractivity (Wildman–Crippen MR) is 67.5 cm³/mol. The number of hydrogen-bond acceptors (Lipinski definition) is 2. The molecule has 2 saturated carbocycles. The predicted octanol–water partition coefficient (Wildman–Crippen LogP) is 1.79. The second-order valence-corrected chi connectivity index (χ2v) is 5.82. The van der Waals surface area contributed by atoms with Gasteiger partial charge in [-0.1, -0.05) is 0 Å². The maximum absolute atomic E-state index is 12.1. The van der Waals surface area contributed by atoms with Crippen molar-refractivity contribution >= 4 is 18.3 Å². The van der Waals surface area contributed by atoms with Crippen molar-refractivity contribution in [3.05, 3.63) is 0 Å². The molecular weight excluding hydrogens is 224 g/mol. The van der Waals surface area contributed by atoms with Crippen LogP contribution in [-0.2, 0) is 4.79 Å². The summed E-state index contributed by atoms with van der Waals surface area (Å²) in [7, 11) is 0. The van der Waals surface area contributed by atoms with Crippen molar-refractivity contribution in [2.45, 2.75) is 45.1 Å². The lowest BCUT2D eigenvalue weighted by molar-refractivity contribution is -0.136. The van der Waals surface area contributed by atoms with Crippen LogP contribution in [0.2, 0.25) is 0 Å². The van der Waals surface area contributed by atoms with Crippen LogP contribution in [0.5, 0.6) is 0 Å². The average Bonchev–Trinajstić information content (AvgIpc) is 2.92. The van der Waals surface area contributed by atoms with E-state index in [0.29, 0.717) is 0 Å². The van der Waals surface area contributed by atoms with Crippen LogP contribution in [0.15, 0.2) is 0 Å². The summed E-state index contributed by atoms with van der Waals surface area (Å²) in [5, 5.41) is 0. The Kier molecular flexibility index (Phi) is 4.24. The van der Waals surface area contributed by atoms with Crippen LogP contribution >= 0.6 is 12.4 Å². The molecule has 0 atom stereocenters. The quantitative estimate of drug-likeness (QED) is 0.804. The SMILES string of the molecule is CC(C)(N)C(=O)N(CC1CC1)CC1CC1.Cl. The Balaban J connectivity index is 0.00000128. The van der Waals surface area contributed by atoms with Crippen LogP contribution in [0.4, 0.5) is 0 Å². The molecule has 3 nitrogen and oxygen atoms in total. The third kappa shape index (κ3) is 3.95. The minimum atomic E-state index is -0.705. The van der Waals surface area contributed by atoms with E-state index in [1.54, 1.807) is 0 Å². The van der Waals surface area contributed by atoms with Gasteiger partial charge in [0.15, 0.2) is 0 Å². The van der Waals surface area contributed by atoms with Crippen LogP contribution in [0, 0.1) is 11.8 Å². The molecule has 94 valence electrons. The van der Waals surface area contributed by atoms with Gasteiger partial charge in [-0.3, -0.25) is 4.79 Å². The number of nitrogens with two attached hydrogens (primary N) is 1. The number of carbonyl (C=O) groups excluding carboxylic acids is 1. The van der Waals surface area contributed by atoms with Crippen LogP contribution < -0.4 is 5.73 Å². The van der Waals surface area contributed by atoms with E-state index >= 15 is 0 Å². The van der Waals surface area contributed by atoms with Crippen molar-refractivity contribution in [2.24, 2.45) is 17.6 Å². The van der Waals surface area contributed by atoms with E-state index in [2.05, 4.69) is 0 Å². The number of amides is 1. The first-order valence-electron chi connectivity index (χ1n) is 6.05. The van der Waals surface area contributed by atoms with Gasteiger partial charge in [-0.25, -0.2) is 0 Å². The van der Waals surface area contributed by atoms with Gasteiger partial charge in [-0.05, 0) is 51.4 Å². The first-order chi connectivity index (χ1) is 6.97. The van der Waals surface area contributed by atoms with Crippen LogP contribution in [-0.4, -0.2) is 29.4 Å². The molecule has 0 unspecified atom stereocenters. The molecule has 0 radical (unpaired) electrons. The molecular formula is C12H23ClN2O. The van der Waals surface area contributed by atoms with Gasteiger partial charge in [0.2, 0.25) is 5.91 Å². The van der Waals surface area contributed by atoms with Crippen LogP contribution in [0.3, 0.4) is 0 Å². The summed E-state index contributed by atoms with van der Waals surface area (Å²) in [4.78, 5) is 14.1. The fraction of sp³-hybridized carbons (Fsp3) is 0.917. The van der Waals surface area contributed by atoms with E-state index in [1.165, 1.54) is 25.7 Å². The second kappa shape index (κ2) is 4.92. The molecule has 0 aromatic rings. The average molecular weight is 247 g/mol. The van der Waals surface area contributed by atoms with Crippen molar-refractivity contribution in [1.29, 1.82) is 0 Å². The third-order valence-electron chi connectivity index (χ3n) is 3.19. The van der Waals surface area contributed by atoms with Crippen molar-refractivity contribution < 1.29 is 4.79 Å². The molecule has 1 amide bonds. The lowest BCUT2D eigenvalue weighted by Crippen LogP contribution is -2.52. The smallest absolute Gasteiger partial charge is 0.242 e. The van der Waals surface area contributed by atoms with Crippen molar-refractivity contribution in [3.63, 3.8) is 0 Å². The number of hydrogen-bond donors (Lipinski definition) is 1. The van der Waals surface area contributed by atoms with E-state index < -0.39 is 5.54 Å². The Morgan fingerprint density at radius 3 is 1.81 bits per heavy atom. The summed E-state index contributed by atoms with van der Waals surface area (Å²) in [6.45, 7) is 5.50. The highest BCUT2D eigenvalue weighted by molar-refractivity contribution is 5.85. The molecule has 0 aliphatic heterocycles. The minimum Gasteiger partial charge on any atom is -0.341 e. The Morgan fingerprint density at radius 2 is 1.56 bits per heavy atom. The molecule has 2 fully saturated rings. The molecule has 0 heterocycles. The van der Waals surface area contributed by atoms with E-state index in [1.807, 2.05) is 18.7 Å². The minimum absolute atomic E-state index is 0. The second-order valence-electron chi connectivity index (χ2n) is 5.82. The van der Waals surface area contributed by atoms with Gasteiger partial charge in [-0.2, -0.15) is 0 Å². The molecule has 0 spiro atoms. The number of nitrogens with zero attached hydrogens (tertiary/aromatic N) is 1. The molecule has 0 bridgehead atoms. The summed E-state index contributed by atoms with van der Waals surface area (Å²) in [5.41, 5.74) is 5.18. The molecule has 0 aromatic carbocycles. The summed E-state index contributed by atoms with van der Waals surface area (Å²) in [5.74, 6) is 1.64. The highest BCUT2D eigenvalue weighted by atomic mass is 35.5. The number of halogens is 1. The van der Waals surface area contributed by atoms with E-state index in [0.717, 1.165) is 24.9 Å². The largest absolute Gasteiger partial charge is 0.341 e. The zero-order valence-electron chi connectivity index (χ0n) is 10.2. The molecule has 0 saturated heterocycles. The fourth-order valence-electron chi connectivity index (χ4n) is 1.87. The van der Waals surface area contributed by atoms with Crippen molar-refractivity contribution in [1.82, 2.24) is 4.90 Å². The van der Waals surface area contributed by atoms with E-state index in [9.17, 15) is 4.79 Å². The first-order valence-corrected chi connectivity index (χ1v) is 6.05. The number of rotatable bonds is 5. The normalized spacial score (nSPS) is 20.2. The highest BCUT2D eigenvalue weighted by Crippen LogP contribution is 2.34. The Labute approximate surface area is 104 Å². The zero-order valence-corrected chi connectivity index (χ0v) is 11.1. The third-order valence-corrected chi connectivity index (χ3v) is 3.19. The van der Waals surface area contributed by atoms with Gasteiger partial charge in [0.25, 0.3) is 0 Å². The van der Waals surface area contributed by atoms with E-state index in [-0.39, 0.29) is 18.3 Å². The summed E-state index contributed by atoms with van der Waals surface area (Å²) >= 11 is 0. The first kappa shape index (κ1) is 13.8. The maximum atomic E-state index is 12.1. The monoisotopic (exact) mass is 246 g/mol.